The Hall–Kier alpha value is -1.67. The minimum absolute atomic E-state index is 0.269. The SMILES string of the molecule is CC1=C[SH](c2ccccc2-n2cccc2)C=C1. The maximum absolute atomic E-state index is 2.37. The minimum atomic E-state index is -0.269. The molecule has 0 N–H and O–H groups in total. The van der Waals surface area contributed by atoms with Gasteiger partial charge in [-0.05, 0) is 47.6 Å². The predicted molar refractivity (Wildman–Crippen MR) is 75.9 cm³/mol. The lowest BCUT2D eigenvalue weighted by Gasteiger charge is -2.16. The molecule has 3 rings (SSSR count). The molecule has 0 spiro atoms. The van der Waals surface area contributed by atoms with Gasteiger partial charge < -0.3 is 4.57 Å². The Bertz CT molecular complexity index is 579. The molecule has 0 bridgehead atoms. The third-order valence-corrected chi connectivity index (χ3v) is 4.97. The van der Waals surface area contributed by atoms with E-state index in [0.29, 0.717) is 0 Å². The predicted octanol–water partition coefficient (Wildman–Crippen LogP) is 4.27. The molecular formula is C15H15NS. The summed E-state index contributed by atoms with van der Waals surface area (Å²) in [6.07, 6.45) is 6.42. The zero-order valence-electron chi connectivity index (χ0n) is 9.75. The summed E-state index contributed by atoms with van der Waals surface area (Å²) in [5.41, 5.74) is 2.66. The van der Waals surface area contributed by atoms with Crippen molar-refractivity contribution in [2.45, 2.75) is 11.8 Å². The molecule has 17 heavy (non-hydrogen) atoms. The molecule has 86 valence electrons. The summed E-state index contributed by atoms with van der Waals surface area (Å²) >= 11 is 0. The van der Waals surface area contributed by atoms with Gasteiger partial charge in [0.05, 0.1) is 5.69 Å². The van der Waals surface area contributed by atoms with E-state index in [1.807, 2.05) is 0 Å². The monoisotopic (exact) mass is 241 g/mol. The molecule has 1 aliphatic heterocycles. The highest BCUT2D eigenvalue weighted by Gasteiger charge is 2.10. The smallest absolute Gasteiger partial charge is 0.0574 e. The summed E-state index contributed by atoms with van der Waals surface area (Å²) in [4.78, 5) is 1.42. The Labute approximate surface area is 104 Å². The number of benzene rings is 1. The highest BCUT2D eigenvalue weighted by molar-refractivity contribution is 8.22. The number of hydrogen-bond acceptors (Lipinski definition) is 0. The van der Waals surface area contributed by atoms with Crippen molar-refractivity contribution in [3.8, 4) is 5.69 Å². The second kappa shape index (κ2) is 4.30. The molecule has 1 unspecified atom stereocenters. The van der Waals surface area contributed by atoms with E-state index in [1.165, 1.54) is 16.2 Å². The number of para-hydroxylation sites is 1. The van der Waals surface area contributed by atoms with Crippen LogP contribution in [-0.4, -0.2) is 4.57 Å². The van der Waals surface area contributed by atoms with Gasteiger partial charge in [0.15, 0.2) is 0 Å². The van der Waals surface area contributed by atoms with E-state index >= 15 is 0 Å². The van der Waals surface area contributed by atoms with Crippen molar-refractivity contribution in [3.05, 3.63) is 71.3 Å². The molecular weight excluding hydrogens is 226 g/mol. The first-order chi connectivity index (χ1) is 8.34. The van der Waals surface area contributed by atoms with Crippen LogP contribution in [0.15, 0.2) is 76.2 Å². The summed E-state index contributed by atoms with van der Waals surface area (Å²) in [6.45, 7) is 2.16. The molecule has 1 nitrogen and oxygen atoms in total. The van der Waals surface area contributed by atoms with Crippen molar-refractivity contribution in [3.63, 3.8) is 0 Å². The van der Waals surface area contributed by atoms with Crippen LogP contribution in [0.2, 0.25) is 0 Å². The zero-order chi connectivity index (χ0) is 11.7. The van der Waals surface area contributed by atoms with Gasteiger partial charge in [-0.1, -0.05) is 18.2 Å². The average molecular weight is 241 g/mol. The number of allylic oxidation sites excluding steroid dienone is 2. The van der Waals surface area contributed by atoms with Gasteiger partial charge in [0.25, 0.3) is 0 Å². The number of thiol groups is 1. The van der Waals surface area contributed by atoms with Gasteiger partial charge in [0.2, 0.25) is 0 Å². The van der Waals surface area contributed by atoms with E-state index in [0.717, 1.165) is 0 Å². The van der Waals surface area contributed by atoms with Gasteiger partial charge >= 0.3 is 0 Å². The van der Waals surface area contributed by atoms with Crippen molar-refractivity contribution in [1.82, 2.24) is 4.57 Å². The third-order valence-electron chi connectivity index (χ3n) is 2.88. The molecule has 0 aliphatic carbocycles. The molecule has 1 atom stereocenters. The normalized spacial score (nSPS) is 20.5. The first kappa shape index (κ1) is 10.5. The van der Waals surface area contributed by atoms with Gasteiger partial charge in [-0.3, -0.25) is 0 Å². The average Bonchev–Trinajstić information content (AvgIpc) is 3.00. The van der Waals surface area contributed by atoms with E-state index in [4.69, 9.17) is 0 Å². The second-order valence-corrected chi connectivity index (χ2v) is 6.03. The van der Waals surface area contributed by atoms with Crippen molar-refractivity contribution >= 4 is 10.9 Å². The Balaban J connectivity index is 2.09. The van der Waals surface area contributed by atoms with Gasteiger partial charge in [-0.15, -0.1) is 0 Å². The first-order valence-corrected chi connectivity index (χ1v) is 7.20. The molecule has 2 heteroatoms. The Kier molecular flexibility index (Phi) is 2.65. The Morgan fingerprint density at radius 2 is 1.76 bits per heavy atom. The highest BCUT2D eigenvalue weighted by Crippen LogP contribution is 2.46. The van der Waals surface area contributed by atoms with Crippen molar-refractivity contribution < 1.29 is 0 Å². The van der Waals surface area contributed by atoms with Gasteiger partial charge in [0, 0.05) is 17.3 Å². The fourth-order valence-electron chi connectivity index (χ4n) is 2.05. The lowest BCUT2D eigenvalue weighted by molar-refractivity contribution is 1.04. The molecule has 0 saturated heterocycles. The summed E-state index contributed by atoms with van der Waals surface area (Å²) < 4.78 is 2.19. The lowest BCUT2D eigenvalue weighted by atomic mass is 10.3. The maximum Gasteiger partial charge on any atom is 0.0574 e. The van der Waals surface area contributed by atoms with Crippen LogP contribution in [0.4, 0.5) is 0 Å². The van der Waals surface area contributed by atoms with Crippen LogP contribution >= 0.6 is 10.9 Å². The van der Waals surface area contributed by atoms with E-state index in [2.05, 4.69) is 77.2 Å². The molecule has 1 aromatic carbocycles. The number of hydrogen-bond donors (Lipinski definition) is 1. The first-order valence-electron chi connectivity index (χ1n) is 5.72. The Morgan fingerprint density at radius 3 is 2.47 bits per heavy atom. The topological polar surface area (TPSA) is 4.93 Å². The minimum Gasteiger partial charge on any atom is -0.323 e. The molecule has 0 radical (unpaired) electrons. The molecule has 1 aromatic heterocycles. The molecule has 1 aliphatic rings. The number of rotatable bonds is 2. The Morgan fingerprint density at radius 1 is 1.00 bits per heavy atom. The van der Waals surface area contributed by atoms with Crippen LogP contribution in [-0.2, 0) is 0 Å². The van der Waals surface area contributed by atoms with Gasteiger partial charge in [-0.25, -0.2) is 0 Å². The largest absolute Gasteiger partial charge is 0.323 e. The standard InChI is InChI=1S/C15H15NS/c1-13-8-11-17(12-13)15-7-3-2-6-14(15)16-9-4-5-10-16/h2-12,17H,1H3. The highest BCUT2D eigenvalue weighted by atomic mass is 32.2. The number of aromatic nitrogens is 1. The molecule has 0 amide bonds. The van der Waals surface area contributed by atoms with Crippen LogP contribution in [0.1, 0.15) is 6.92 Å². The third kappa shape index (κ3) is 1.96. The summed E-state index contributed by atoms with van der Waals surface area (Å²) in [5.74, 6) is 0. The van der Waals surface area contributed by atoms with Crippen LogP contribution in [0.3, 0.4) is 0 Å². The molecule has 2 aromatic rings. The summed E-state index contributed by atoms with van der Waals surface area (Å²) in [5, 5.41) is 4.70. The van der Waals surface area contributed by atoms with Crippen LogP contribution in [0.5, 0.6) is 0 Å². The quantitative estimate of drug-likeness (QED) is 0.749. The molecule has 2 heterocycles. The van der Waals surface area contributed by atoms with Crippen LogP contribution in [0.25, 0.3) is 5.69 Å². The van der Waals surface area contributed by atoms with Crippen molar-refractivity contribution in [2.75, 3.05) is 0 Å². The second-order valence-electron chi connectivity index (χ2n) is 4.18. The van der Waals surface area contributed by atoms with E-state index in [-0.39, 0.29) is 10.9 Å². The molecule has 0 fully saturated rings. The summed E-state index contributed by atoms with van der Waals surface area (Å²) in [6, 6.07) is 12.8. The lowest BCUT2D eigenvalue weighted by Crippen LogP contribution is -1.93. The molecule has 0 saturated carbocycles. The van der Waals surface area contributed by atoms with Gasteiger partial charge in [-0.2, -0.15) is 10.9 Å². The van der Waals surface area contributed by atoms with E-state index in [9.17, 15) is 0 Å². The van der Waals surface area contributed by atoms with Crippen molar-refractivity contribution in [1.29, 1.82) is 0 Å². The van der Waals surface area contributed by atoms with Gasteiger partial charge in [0.1, 0.15) is 0 Å². The fourth-order valence-corrected chi connectivity index (χ4v) is 4.07. The number of nitrogens with zero attached hydrogens (tertiary/aromatic N) is 1. The van der Waals surface area contributed by atoms with Crippen molar-refractivity contribution in [2.24, 2.45) is 0 Å². The maximum atomic E-state index is 2.37. The van der Waals surface area contributed by atoms with Crippen LogP contribution < -0.4 is 0 Å². The fraction of sp³-hybridized carbons (Fsp3) is 0.0667. The summed E-state index contributed by atoms with van der Waals surface area (Å²) in [7, 11) is -0.269. The van der Waals surface area contributed by atoms with Crippen LogP contribution in [0, 0.1) is 0 Å². The zero-order valence-corrected chi connectivity index (χ0v) is 10.6. The van der Waals surface area contributed by atoms with E-state index in [1.54, 1.807) is 0 Å². The van der Waals surface area contributed by atoms with E-state index < -0.39 is 0 Å².